The minimum Gasteiger partial charge on any atom is -0.398 e. The van der Waals surface area contributed by atoms with Crippen LogP contribution >= 0.6 is 23.2 Å². The molecule has 2 heterocycles. The van der Waals surface area contributed by atoms with E-state index in [2.05, 4.69) is 21.9 Å². The van der Waals surface area contributed by atoms with E-state index in [4.69, 9.17) is 34.7 Å². The van der Waals surface area contributed by atoms with Gasteiger partial charge in [0.1, 0.15) is 17.4 Å². The van der Waals surface area contributed by atoms with Crippen molar-refractivity contribution in [2.45, 2.75) is 52.2 Å². The Balaban J connectivity index is 1.83. The number of benzene rings is 1. The molecule has 1 saturated heterocycles. The molecule has 3 rings (SSSR count). The van der Waals surface area contributed by atoms with E-state index in [9.17, 15) is 9.59 Å². The number of imidazole rings is 1. The lowest BCUT2D eigenvalue weighted by atomic mass is 9.99. The van der Waals surface area contributed by atoms with Gasteiger partial charge >= 0.3 is 0 Å². The summed E-state index contributed by atoms with van der Waals surface area (Å²) in [5, 5.41) is 3.56. The zero-order valence-electron chi connectivity index (χ0n) is 20.3. The van der Waals surface area contributed by atoms with E-state index < -0.39 is 0 Å². The van der Waals surface area contributed by atoms with Gasteiger partial charge in [0, 0.05) is 35.4 Å². The highest BCUT2D eigenvalue weighted by molar-refractivity contribution is 6.32. The summed E-state index contributed by atoms with van der Waals surface area (Å²) in [7, 11) is 0. The van der Waals surface area contributed by atoms with Crippen molar-refractivity contribution in [1.29, 1.82) is 0 Å². The summed E-state index contributed by atoms with van der Waals surface area (Å²) in [6.45, 7) is 12.3. The second-order valence-corrected chi connectivity index (χ2v) is 9.83. The van der Waals surface area contributed by atoms with Crippen molar-refractivity contribution in [2.75, 3.05) is 18.8 Å². The minimum absolute atomic E-state index is 0.0754. The predicted octanol–water partition coefficient (Wildman–Crippen LogP) is 3.51. The molecule has 0 radical (unpaired) electrons. The Morgan fingerprint density at radius 1 is 1.29 bits per heavy atom. The second kappa shape index (κ2) is 10.7. The number of nitrogen functional groups attached to an aromatic ring is 1. The Hall–Kier alpha value is -3.04. The summed E-state index contributed by atoms with van der Waals surface area (Å²) in [5.41, 5.74) is 14.6. The van der Waals surface area contributed by atoms with Gasteiger partial charge in [0.2, 0.25) is 5.91 Å². The molecule has 11 heteroatoms. The summed E-state index contributed by atoms with van der Waals surface area (Å²) in [4.78, 5) is 35.1. The van der Waals surface area contributed by atoms with Gasteiger partial charge in [0.05, 0.1) is 12.6 Å². The molecule has 1 aromatic heterocycles. The number of hydrogen-bond acceptors (Lipinski definition) is 5. The molecule has 0 spiro atoms. The minimum atomic E-state index is -0.362. The van der Waals surface area contributed by atoms with Crippen molar-refractivity contribution in [1.82, 2.24) is 19.8 Å². The number of rotatable bonds is 8. The van der Waals surface area contributed by atoms with E-state index in [1.54, 1.807) is 15.5 Å². The Labute approximate surface area is 215 Å². The van der Waals surface area contributed by atoms with Crippen LogP contribution in [0, 0.1) is 0 Å². The molecule has 5 N–H and O–H groups in total. The van der Waals surface area contributed by atoms with E-state index in [-0.39, 0.29) is 53.0 Å². The lowest BCUT2D eigenvalue weighted by molar-refractivity contribution is -0.130. The van der Waals surface area contributed by atoms with Crippen molar-refractivity contribution >= 4 is 46.5 Å². The monoisotopic (exact) mass is 519 g/mol. The van der Waals surface area contributed by atoms with Gasteiger partial charge in [-0.25, -0.2) is 4.98 Å². The molecule has 2 amide bonds. The maximum atomic E-state index is 13.0. The summed E-state index contributed by atoms with van der Waals surface area (Å²) >= 11 is 12.7. The molecule has 35 heavy (non-hydrogen) atoms. The molecule has 1 aliphatic rings. The van der Waals surface area contributed by atoms with Crippen molar-refractivity contribution in [3.05, 3.63) is 57.6 Å². The number of halogens is 2. The number of nitrogens with zero attached hydrogens (tertiary/aromatic N) is 4. The van der Waals surface area contributed by atoms with Crippen LogP contribution in [0.25, 0.3) is 0 Å². The number of carbonyl (C=O) groups is 2. The van der Waals surface area contributed by atoms with Crippen LogP contribution in [0.5, 0.6) is 0 Å². The number of hydrogen-bond donors (Lipinski definition) is 3. The Bertz CT molecular complexity index is 1180. The molecule has 1 aliphatic heterocycles. The summed E-state index contributed by atoms with van der Waals surface area (Å²) in [5.74, 6) is 0.390. The van der Waals surface area contributed by atoms with Crippen LogP contribution in [-0.2, 0) is 11.3 Å². The van der Waals surface area contributed by atoms with E-state index in [1.165, 1.54) is 6.08 Å². The molecule has 0 saturated carbocycles. The number of aliphatic imine (C=N–C) groups is 1. The first kappa shape index (κ1) is 26.6. The van der Waals surface area contributed by atoms with Gasteiger partial charge in [-0.2, -0.15) is 0 Å². The van der Waals surface area contributed by atoms with Gasteiger partial charge in [-0.1, -0.05) is 43.6 Å². The molecule has 0 bridgehead atoms. The van der Waals surface area contributed by atoms with Crippen LogP contribution in [0.2, 0.25) is 10.2 Å². The van der Waals surface area contributed by atoms with Crippen LogP contribution in [0.4, 0.5) is 5.69 Å². The fraction of sp³-hybridized carbons (Fsp3) is 0.417. The molecule has 0 unspecified atom stereocenters. The maximum absolute atomic E-state index is 13.0. The first-order valence-corrected chi connectivity index (χ1v) is 12.1. The van der Waals surface area contributed by atoms with Gasteiger partial charge in [0.25, 0.3) is 5.91 Å². The summed E-state index contributed by atoms with van der Waals surface area (Å²) in [6, 6.07) is 3.24. The molecule has 9 nitrogen and oxygen atoms in total. The van der Waals surface area contributed by atoms with Gasteiger partial charge < -0.3 is 26.3 Å². The number of anilines is 1. The highest BCUT2D eigenvalue weighted by atomic mass is 35.5. The molecule has 1 fully saturated rings. The van der Waals surface area contributed by atoms with Crippen LogP contribution in [-0.4, -0.2) is 51.2 Å². The number of nitrogens with one attached hydrogen (secondary N) is 1. The third kappa shape index (κ3) is 5.62. The zero-order chi connectivity index (χ0) is 26.0. The molecule has 0 aliphatic carbocycles. The van der Waals surface area contributed by atoms with E-state index in [0.717, 1.165) is 5.56 Å². The van der Waals surface area contributed by atoms with Gasteiger partial charge in [0.15, 0.2) is 5.15 Å². The van der Waals surface area contributed by atoms with Gasteiger partial charge in [-0.05, 0) is 43.5 Å². The number of amides is 2. The Morgan fingerprint density at radius 3 is 2.51 bits per heavy atom. The van der Waals surface area contributed by atoms with Crippen LogP contribution in [0.3, 0.4) is 0 Å². The van der Waals surface area contributed by atoms with Crippen LogP contribution in [0.15, 0.2) is 29.8 Å². The number of carbonyl (C=O) groups excluding carboxylic acids is 2. The number of nitrogens with two attached hydrogens (primary N) is 2. The van der Waals surface area contributed by atoms with Crippen molar-refractivity contribution in [3.63, 3.8) is 0 Å². The molecule has 2 aromatic rings. The third-order valence-electron chi connectivity index (χ3n) is 5.83. The first-order valence-electron chi connectivity index (χ1n) is 11.3. The normalized spacial score (nSPS) is 14.4. The number of aromatic nitrogens is 2. The summed E-state index contributed by atoms with van der Waals surface area (Å²) < 4.78 is 1.74. The molecule has 1 aromatic carbocycles. The largest absolute Gasteiger partial charge is 0.398 e. The fourth-order valence-corrected chi connectivity index (χ4v) is 4.63. The molecular formula is C24H31Cl2N7O2. The van der Waals surface area contributed by atoms with Gasteiger partial charge in [-0.3, -0.25) is 14.6 Å². The molecule has 188 valence electrons. The van der Waals surface area contributed by atoms with E-state index in [0.29, 0.717) is 35.2 Å². The number of amidine groups is 1. The van der Waals surface area contributed by atoms with E-state index in [1.807, 2.05) is 33.8 Å². The Morgan fingerprint density at radius 2 is 1.94 bits per heavy atom. The standard InChI is InChI=1S/C24H31Cl2N7O2/c1-6-20(34)32-10-14(11-32)30-24(35)21-22(26)31-19(33(21)13(4)5)9-29-23(28)16-7-15(12(2)3)17(25)8-18(16)27/h6-8,12-14H,1,9-11,27H2,2-5H3,(H2,28,29)(H,30,35). The molecular weight excluding hydrogens is 489 g/mol. The maximum Gasteiger partial charge on any atom is 0.271 e. The molecule has 0 atom stereocenters. The zero-order valence-corrected chi connectivity index (χ0v) is 21.8. The van der Waals surface area contributed by atoms with Crippen molar-refractivity contribution in [2.24, 2.45) is 10.7 Å². The average Bonchev–Trinajstić information content (AvgIpc) is 3.09. The highest BCUT2D eigenvalue weighted by Gasteiger charge is 2.32. The smallest absolute Gasteiger partial charge is 0.271 e. The van der Waals surface area contributed by atoms with Crippen molar-refractivity contribution in [3.8, 4) is 0 Å². The topological polar surface area (TPSA) is 132 Å². The van der Waals surface area contributed by atoms with E-state index >= 15 is 0 Å². The number of likely N-dealkylation sites (tertiary alicyclic amines) is 1. The quantitative estimate of drug-likeness (QED) is 0.212. The SMILES string of the molecule is C=CC(=O)N1CC(NC(=O)c2c(Cl)nc(CN=C(N)c3cc(C(C)C)c(Cl)cc3N)n2C(C)C)C1. The summed E-state index contributed by atoms with van der Waals surface area (Å²) in [6.07, 6.45) is 1.25. The van der Waals surface area contributed by atoms with Crippen LogP contribution < -0.4 is 16.8 Å². The first-order chi connectivity index (χ1) is 16.4. The average molecular weight is 520 g/mol. The van der Waals surface area contributed by atoms with Crippen molar-refractivity contribution < 1.29 is 9.59 Å². The third-order valence-corrected chi connectivity index (χ3v) is 6.42. The predicted molar refractivity (Wildman–Crippen MR) is 140 cm³/mol. The highest BCUT2D eigenvalue weighted by Crippen LogP contribution is 2.29. The fourth-order valence-electron chi connectivity index (χ4n) is 3.96. The van der Waals surface area contributed by atoms with Gasteiger partial charge in [-0.15, -0.1) is 0 Å². The van der Waals surface area contributed by atoms with Crippen LogP contribution in [0.1, 0.15) is 67.1 Å². The lowest BCUT2D eigenvalue weighted by Gasteiger charge is -2.38. The lowest BCUT2D eigenvalue weighted by Crippen LogP contribution is -2.60. The second-order valence-electron chi connectivity index (χ2n) is 9.07. The Kier molecular flexibility index (Phi) is 8.12.